The zero-order valence-electron chi connectivity index (χ0n) is 12.6. The zero-order chi connectivity index (χ0) is 15.8. The number of aryl methyl sites for hydroxylation is 1. The van der Waals surface area contributed by atoms with E-state index in [-0.39, 0.29) is 0 Å². The minimum Gasteiger partial charge on any atom is -0.372 e. The van der Waals surface area contributed by atoms with Crippen molar-refractivity contribution in [1.29, 1.82) is 5.41 Å². The monoisotopic (exact) mass is 298 g/mol. The van der Waals surface area contributed by atoms with Crippen molar-refractivity contribution in [3.05, 3.63) is 53.2 Å². The maximum absolute atomic E-state index is 11.1. The first-order valence-electron chi connectivity index (χ1n) is 7.51. The summed E-state index contributed by atoms with van der Waals surface area (Å²) in [6.45, 7) is 0.943. The Labute approximate surface area is 130 Å². The highest BCUT2D eigenvalue weighted by Crippen LogP contribution is 2.14. The third kappa shape index (κ3) is 4.48. The molecule has 22 heavy (non-hydrogen) atoms. The van der Waals surface area contributed by atoms with E-state index < -0.39 is 5.91 Å². The second kappa shape index (κ2) is 8.02. The van der Waals surface area contributed by atoms with Crippen LogP contribution in [0.1, 0.15) is 40.7 Å². The number of aromatic amines is 1. The molecule has 0 radical (unpaired) electrons. The van der Waals surface area contributed by atoms with Crippen LogP contribution in [-0.2, 0) is 6.42 Å². The Morgan fingerprint density at radius 1 is 1.27 bits per heavy atom. The molecule has 2 aromatic rings. The van der Waals surface area contributed by atoms with E-state index in [0.717, 1.165) is 49.2 Å². The molecular formula is C17H22N4O. The third-order valence-corrected chi connectivity index (χ3v) is 3.62. The molecule has 0 saturated carbocycles. The fourth-order valence-corrected chi connectivity index (χ4v) is 2.39. The Morgan fingerprint density at radius 2 is 2.14 bits per heavy atom. The molecule has 1 aromatic carbocycles. The van der Waals surface area contributed by atoms with E-state index in [2.05, 4.69) is 10.3 Å². The van der Waals surface area contributed by atoms with E-state index in [1.54, 1.807) is 12.1 Å². The topological polar surface area (TPSA) is 94.8 Å². The van der Waals surface area contributed by atoms with Gasteiger partial charge in [0.05, 0.1) is 0 Å². The summed E-state index contributed by atoms with van der Waals surface area (Å²) < 4.78 is 0. The summed E-state index contributed by atoms with van der Waals surface area (Å²) in [4.78, 5) is 14.3. The molecule has 0 fully saturated rings. The summed E-state index contributed by atoms with van der Waals surface area (Å²) in [5.41, 5.74) is 7.59. The third-order valence-electron chi connectivity index (χ3n) is 3.62. The van der Waals surface area contributed by atoms with Gasteiger partial charge in [0.2, 0.25) is 5.91 Å². The number of benzene rings is 1. The SMILES string of the molecule is N=Cc1cc(C(N)=O)ccc1CCCCCNc1ccc[nH]1. The van der Waals surface area contributed by atoms with Crippen molar-refractivity contribution < 1.29 is 4.79 Å². The average molecular weight is 298 g/mol. The number of primary amides is 1. The van der Waals surface area contributed by atoms with Crippen molar-refractivity contribution in [1.82, 2.24) is 4.98 Å². The van der Waals surface area contributed by atoms with E-state index in [4.69, 9.17) is 11.1 Å². The molecule has 1 aromatic heterocycles. The van der Waals surface area contributed by atoms with Crippen molar-refractivity contribution in [3.8, 4) is 0 Å². The Kier molecular flexibility index (Phi) is 5.77. The highest BCUT2D eigenvalue weighted by Gasteiger charge is 2.05. The van der Waals surface area contributed by atoms with Gasteiger partial charge in [0.25, 0.3) is 0 Å². The van der Waals surface area contributed by atoms with Gasteiger partial charge in [0, 0.05) is 24.5 Å². The number of hydrogen-bond acceptors (Lipinski definition) is 3. The van der Waals surface area contributed by atoms with E-state index in [0.29, 0.717) is 5.56 Å². The van der Waals surface area contributed by atoms with E-state index >= 15 is 0 Å². The van der Waals surface area contributed by atoms with E-state index in [1.165, 1.54) is 6.21 Å². The van der Waals surface area contributed by atoms with Crippen LogP contribution in [0.2, 0.25) is 0 Å². The van der Waals surface area contributed by atoms with Gasteiger partial charge < -0.3 is 21.4 Å². The molecular weight excluding hydrogens is 276 g/mol. The molecule has 1 heterocycles. The van der Waals surface area contributed by atoms with Gasteiger partial charge >= 0.3 is 0 Å². The van der Waals surface area contributed by atoms with Crippen LogP contribution in [0.15, 0.2) is 36.5 Å². The van der Waals surface area contributed by atoms with Gasteiger partial charge in [-0.15, -0.1) is 0 Å². The molecule has 0 unspecified atom stereocenters. The van der Waals surface area contributed by atoms with Crippen LogP contribution in [0.25, 0.3) is 0 Å². The second-order valence-electron chi connectivity index (χ2n) is 5.24. The summed E-state index contributed by atoms with van der Waals surface area (Å²) in [6, 6.07) is 9.31. The van der Waals surface area contributed by atoms with Crippen molar-refractivity contribution in [3.63, 3.8) is 0 Å². The molecule has 2 rings (SSSR count). The molecule has 0 aliphatic carbocycles. The first-order chi connectivity index (χ1) is 10.7. The Balaban J connectivity index is 1.74. The minimum atomic E-state index is -0.454. The van der Waals surface area contributed by atoms with Crippen LogP contribution >= 0.6 is 0 Å². The molecule has 0 spiro atoms. The largest absolute Gasteiger partial charge is 0.372 e. The van der Waals surface area contributed by atoms with E-state index in [9.17, 15) is 4.79 Å². The number of anilines is 1. The lowest BCUT2D eigenvalue weighted by Gasteiger charge is -2.08. The molecule has 5 nitrogen and oxygen atoms in total. The van der Waals surface area contributed by atoms with Crippen LogP contribution in [0.3, 0.4) is 0 Å². The number of nitrogens with one attached hydrogen (secondary N) is 3. The van der Waals surface area contributed by atoms with Crippen LogP contribution < -0.4 is 11.1 Å². The van der Waals surface area contributed by atoms with Gasteiger partial charge in [-0.1, -0.05) is 12.5 Å². The fraction of sp³-hybridized carbons (Fsp3) is 0.294. The minimum absolute atomic E-state index is 0.454. The first-order valence-corrected chi connectivity index (χ1v) is 7.51. The summed E-state index contributed by atoms with van der Waals surface area (Å²) in [6.07, 6.45) is 7.36. The van der Waals surface area contributed by atoms with Gasteiger partial charge in [-0.05, 0) is 54.7 Å². The molecule has 0 aliphatic heterocycles. The molecule has 0 aliphatic rings. The Hall–Kier alpha value is -2.56. The molecule has 0 saturated heterocycles. The van der Waals surface area contributed by atoms with Crippen molar-refractivity contribution in [2.24, 2.45) is 5.73 Å². The van der Waals surface area contributed by atoms with Gasteiger partial charge in [0.1, 0.15) is 5.82 Å². The number of H-pyrrole nitrogens is 1. The number of amides is 1. The number of aromatic nitrogens is 1. The molecule has 116 valence electrons. The molecule has 5 heteroatoms. The highest BCUT2D eigenvalue weighted by atomic mass is 16.1. The van der Waals surface area contributed by atoms with Crippen LogP contribution in [0.4, 0.5) is 5.82 Å². The quantitative estimate of drug-likeness (QED) is 0.423. The van der Waals surface area contributed by atoms with Gasteiger partial charge in [-0.3, -0.25) is 4.79 Å². The Morgan fingerprint density at radius 3 is 2.82 bits per heavy atom. The van der Waals surface area contributed by atoms with E-state index in [1.807, 2.05) is 24.4 Å². The number of unbranched alkanes of at least 4 members (excludes halogenated alkanes) is 2. The summed E-state index contributed by atoms with van der Waals surface area (Å²) >= 11 is 0. The average Bonchev–Trinajstić information content (AvgIpc) is 3.03. The lowest BCUT2D eigenvalue weighted by Crippen LogP contribution is -2.11. The summed E-state index contributed by atoms with van der Waals surface area (Å²) in [7, 11) is 0. The van der Waals surface area contributed by atoms with Gasteiger partial charge in [0.15, 0.2) is 0 Å². The number of hydrogen-bond donors (Lipinski definition) is 4. The molecule has 5 N–H and O–H groups in total. The number of carbonyl (C=O) groups is 1. The lowest BCUT2D eigenvalue weighted by atomic mass is 9.99. The van der Waals surface area contributed by atoms with Crippen LogP contribution in [0.5, 0.6) is 0 Å². The smallest absolute Gasteiger partial charge is 0.248 e. The number of carbonyl (C=O) groups excluding carboxylic acids is 1. The molecule has 0 bridgehead atoms. The number of rotatable bonds is 9. The van der Waals surface area contributed by atoms with Crippen molar-refractivity contribution >= 4 is 17.9 Å². The van der Waals surface area contributed by atoms with Crippen molar-refractivity contribution in [2.75, 3.05) is 11.9 Å². The zero-order valence-corrected chi connectivity index (χ0v) is 12.6. The Bertz CT molecular complexity index is 620. The predicted octanol–water partition coefficient (Wildman–Crippen LogP) is 2.94. The highest BCUT2D eigenvalue weighted by molar-refractivity contribution is 5.95. The maximum Gasteiger partial charge on any atom is 0.248 e. The van der Waals surface area contributed by atoms with Gasteiger partial charge in [-0.2, -0.15) is 0 Å². The van der Waals surface area contributed by atoms with Crippen molar-refractivity contribution in [2.45, 2.75) is 25.7 Å². The first kappa shape index (κ1) is 15.8. The second-order valence-corrected chi connectivity index (χ2v) is 5.24. The standard InChI is InChI=1S/C17H22N4O/c18-12-15-11-14(17(19)22)8-7-13(15)5-2-1-3-9-20-16-6-4-10-21-16/h4,6-8,10-12,18,20-21H,1-3,5,9H2,(H2,19,22). The van der Waals surface area contributed by atoms with Gasteiger partial charge in [-0.25, -0.2) is 0 Å². The maximum atomic E-state index is 11.1. The number of nitrogens with two attached hydrogens (primary N) is 1. The fourth-order valence-electron chi connectivity index (χ4n) is 2.39. The normalized spacial score (nSPS) is 10.4. The summed E-state index contributed by atoms with van der Waals surface area (Å²) in [5, 5.41) is 10.8. The molecule has 1 amide bonds. The summed E-state index contributed by atoms with van der Waals surface area (Å²) in [5.74, 6) is 0.596. The van der Waals surface area contributed by atoms with Crippen LogP contribution in [0, 0.1) is 5.41 Å². The predicted molar refractivity (Wildman–Crippen MR) is 89.7 cm³/mol. The van der Waals surface area contributed by atoms with Crippen LogP contribution in [-0.4, -0.2) is 23.7 Å². The lowest BCUT2D eigenvalue weighted by molar-refractivity contribution is 0.100. The molecule has 0 atom stereocenters.